The van der Waals surface area contributed by atoms with E-state index in [0.717, 1.165) is 12.8 Å². The molecule has 6 nitrogen and oxygen atoms in total. The number of hydrogen-bond donors (Lipinski definition) is 2. The molecule has 1 amide bonds. The van der Waals surface area contributed by atoms with E-state index in [4.69, 9.17) is 4.74 Å². The van der Waals surface area contributed by atoms with Crippen molar-refractivity contribution in [1.29, 1.82) is 0 Å². The maximum absolute atomic E-state index is 12.5. The second-order valence-electron chi connectivity index (χ2n) is 4.70. The van der Waals surface area contributed by atoms with E-state index in [0.29, 0.717) is 13.0 Å². The summed E-state index contributed by atoms with van der Waals surface area (Å²) in [6.07, 6.45) is 1.98. The predicted molar refractivity (Wildman–Crippen MR) is 71.0 cm³/mol. The van der Waals surface area contributed by atoms with Crippen molar-refractivity contribution in [3.05, 3.63) is 23.8 Å². The normalized spacial score (nSPS) is 18.6. The second kappa shape index (κ2) is 5.81. The molecule has 2 rings (SSSR count). The van der Waals surface area contributed by atoms with E-state index in [9.17, 15) is 19.8 Å². The molecule has 2 N–H and O–H groups in total. The first-order chi connectivity index (χ1) is 9.56. The lowest BCUT2D eigenvalue weighted by atomic mass is 10.0. The molecule has 1 aliphatic rings. The van der Waals surface area contributed by atoms with Crippen LogP contribution in [0.1, 0.15) is 29.6 Å². The molecule has 0 bridgehead atoms. The van der Waals surface area contributed by atoms with Gasteiger partial charge >= 0.3 is 5.97 Å². The predicted octanol–water partition coefficient (Wildman–Crippen LogP) is 1.48. The van der Waals surface area contributed by atoms with Crippen LogP contribution in [-0.4, -0.2) is 46.7 Å². The number of methoxy groups -OCH3 is 1. The molecule has 108 valence electrons. The van der Waals surface area contributed by atoms with Crippen LogP contribution in [0.15, 0.2) is 18.2 Å². The van der Waals surface area contributed by atoms with Gasteiger partial charge < -0.3 is 19.8 Å². The minimum Gasteiger partial charge on any atom is -0.504 e. The molecular formula is C14H17NO5. The first kappa shape index (κ1) is 14.2. The number of carbonyl (C=O) groups excluding carboxylic acids is 1. The van der Waals surface area contributed by atoms with Gasteiger partial charge in [0, 0.05) is 6.54 Å². The molecule has 1 heterocycles. The summed E-state index contributed by atoms with van der Waals surface area (Å²) in [7, 11) is 1.39. The summed E-state index contributed by atoms with van der Waals surface area (Å²) in [5, 5.41) is 19.2. The summed E-state index contributed by atoms with van der Waals surface area (Å²) >= 11 is 0. The largest absolute Gasteiger partial charge is 0.504 e. The molecule has 20 heavy (non-hydrogen) atoms. The average Bonchev–Trinajstić information content (AvgIpc) is 2.46. The van der Waals surface area contributed by atoms with Crippen molar-refractivity contribution in [1.82, 2.24) is 4.90 Å². The van der Waals surface area contributed by atoms with Gasteiger partial charge in [0.05, 0.1) is 12.7 Å². The number of carboxylic acids is 1. The SMILES string of the molecule is COc1cccc(C(=O)N2CCCC[C@@H]2C(=O)O)c1O. The Bertz CT molecular complexity index is 528. The fourth-order valence-corrected chi connectivity index (χ4v) is 2.45. The number of phenols is 1. The lowest BCUT2D eigenvalue weighted by Gasteiger charge is -2.33. The number of benzene rings is 1. The van der Waals surface area contributed by atoms with E-state index in [1.54, 1.807) is 6.07 Å². The first-order valence-electron chi connectivity index (χ1n) is 6.46. The highest BCUT2D eigenvalue weighted by molar-refractivity contribution is 5.99. The van der Waals surface area contributed by atoms with Crippen molar-refractivity contribution < 1.29 is 24.5 Å². The number of hydrogen-bond acceptors (Lipinski definition) is 4. The van der Waals surface area contributed by atoms with E-state index in [-0.39, 0.29) is 17.1 Å². The van der Waals surface area contributed by atoms with Crippen LogP contribution in [0.2, 0.25) is 0 Å². The van der Waals surface area contributed by atoms with Crippen LogP contribution >= 0.6 is 0 Å². The molecule has 0 aliphatic carbocycles. The minimum absolute atomic E-state index is 0.0671. The summed E-state index contributed by atoms with van der Waals surface area (Å²) < 4.78 is 4.96. The minimum atomic E-state index is -1.01. The van der Waals surface area contributed by atoms with E-state index in [1.165, 1.54) is 24.1 Å². The maximum Gasteiger partial charge on any atom is 0.326 e. The smallest absolute Gasteiger partial charge is 0.326 e. The Kier molecular flexibility index (Phi) is 4.12. The van der Waals surface area contributed by atoms with Crippen LogP contribution in [0, 0.1) is 0 Å². The monoisotopic (exact) mass is 279 g/mol. The molecule has 0 spiro atoms. The van der Waals surface area contributed by atoms with Gasteiger partial charge in [-0.3, -0.25) is 4.79 Å². The number of likely N-dealkylation sites (tertiary alicyclic amines) is 1. The molecule has 6 heteroatoms. The van der Waals surface area contributed by atoms with Crippen LogP contribution in [0.4, 0.5) is 0 Å². The third kappa shape index (κ3) is 2.54. The number of phenolic OH excluding ortho intramolecular Hbond substituents is 1. The first-order valence-corrected chi connectivity index (χ1v) is 6.46. The zero-order chi connectivity index (χ0) is 14.7. The Hall–Kier alpha value is -2.24. The summed E-state index contributed by atoms with van der Waals surface area (Å²) in [5.74, 6) is -1.55. The molecule has 1 fully saturated rings. The highest BCUT2D eigenvalue weighted by Crippen LogP contribution is 2.31. The molecule has 0 saturated carbocycles. The highest BCUT2D eigenvalue weighted by Gasteiger charge is 2.33. The Morgan fingerprint density at radius 1 is 1.35 bits per heavy atom. The Labute approximate surface area is 116 Å². The van der Waals surface area contributed by atoms with Gasteiger partial charge in [0.1, 0.15) is 6.04 Å². The van der Waals surface area contributed by atoms with Crippen molar-refractivity contribution in [3.63, 3.8) is 0 Å². The average molecular weight is 279 g/mol. The molecule has 1 aliphatic heterocycles. The Morgan fingerprint density at radius 2 is 2.10 bits per heavy atom. The molecule has 0 aromatic heterocycles. The lowest BCUT2D eigenvalue weighted by molar-refractivity contribution is -0.143. The van der Waals surface area contributed by atoms with Crippen LogP contribution in [-0.2, 0) is 4.79 Å². The zero-order valence-corrected chi connectivity index (χ0v) is 11.2. The van der Waals surface area contributed by atoms with Crippen LogP contribution in [0.5, 0.6) is 11.5 Å². The van der Waals surface area contributed by atoms with Gasteiger partial charge in [-0.15, -0.1) is 0 Å². The third-order valence-electron chi connectivity index (χ3n) is 3.50. The number of para-hydroxylation sites is 1. The van der Waals surface area contributed by atoms with E-state index in [2.05, 4.69) is 0 Å². The van der Waals surface area contributed by atoms with Crippen molar-refractivity contribution >= 4 is 11.9 Å². The number of carboxylic acid groups (broad SMARTS) is 1. The molecule has 0 unspecified atom stereocenters. The van der Waals surface area contributed by atoms with Crippen molar-refractivity contribution in [2.24, 2.45) is 0 Å². The number of nitrogens with zero attached hydrogens (tertiary/aromatic N) is 1. The van der Waals surface area contributed by atoms with Crippen molar-refractivity contribution in [2.45, 2.75) is 25.3 Å². The summed E-state index contributed by atoms with van der Waals surface area (Å²) in [6, 6.07) is 3.76. The molecule has 0 radical (unpaired) electrons. The van der Waals surface area contributed by atoms with Gasteiger partial charge in [-0.2, -0.15) is 0 Å². The van der Waals surface area contributed by atoms with Gasteiger partial charge in [0.2, 0.25) is 0 Å². The van der Waals surface area contributed by atoms with E-state index >= 15 is 0 Å². The number of aliphatic carboxylic acids is 1. The molecule has 1 aromatic carbocycles. The fourth-order valence-electron chi connectivity index (χ4n) is 2.45. The number of amides is 1. The van der Waals surface area contributed by atoms with Crippen LogP contribution in [0.25, 0.3) is 0 Å². The molecule has 1 aromatic rings. The number of piperidine rings is 1. The van der Waals surface area contributed by atoms with Gasteiger partial charge in [-0.25, -0.2) is 4.79 Å². The zero-order valence-electron chi connectivity index (χ0n) is 11.2. The fraction of sp³-hybridized carbons (Fsp3) is 0.429. The molecule has 1 saturated heterocycles. The summed E-state index contributed by atoms with van der Waals surface area (Å²) in [4.78, 5) is 25.0. The molecule has 1 atom stereocenters. The third-order valence-corrected chi connectivity index (χ3v) is 3.50. The van der Waals surface area contributed by atoms with Crippen molar-refractivity contribution in [2.75, 3.05) is 13.7 Å². The van der Waals surface area contributed by atoms with Gasteiger partial charge in [0.15, 0.2) is 11.5 Å². The van der Waals surface area contributed by atoms with Gasteiger partial charge in [-0.1, -0.05) is 6.07 Å². The second-order valence-corrected chi connectivity index (χ2v) is 4.70. The number of ether oxygens (including phenoxy) is 1. The van der Waals surface area contributed by atoms with Crippen LogP contribution < -0.4 is 4.74 Å². The topological polar surface area (TPSA) is 87.1 Å². The van der Waals surface area contributed by atoms with Gasteiger partial charge in [0.25, 0.3) is 5.91 Å². The standard InChI is InChI=1S/C14H17NO5/c1-20-11-7-4-5-9(12(11)16)13(17)15-8-3-2-6-10(15)14(18)19/h4-5,7,10,16H,2-3,6,8H2,1H3,(H,18,19)/t10-/m1/s1. The van der Waals surface area contributed by atoms with Crippen LogP contribution in [0.3, 0.4) is 0 Å². The molecular weight excluding hydrogens is 262 g/mol. The highest BCUT2D eigenvalue weighted by atomic mass is 16.5. The summed E-state index contributed by atoms with van der Waals surface area (Å²) in [5.41, 5.74) is 0.0671. The quantitative estimate of drug-likeness (QED) is 0.875. The number of rotatable bonds is 3. The summed E-state index contributed by atoms with van der Waals surface area (Å²) in [6.45, 7) is 0.381. The van der Waals surface area contributed by atoms with Gasteiger partial charge in [-0.05, 0) is 31.4 Å². The number of aromatic hydroxyl groups is 1. The lowest BCUT2D eigenvalue weighted by Crippen LogP contribution is -2.48. The Balaban J connectivity index is 2.32. The van der Waals surface area contributed by atoms with E-state index < -0.39 is 17.9 Å². The number of carbonyl (C=O) groups is 2. The maximum atomic E-state index is 12.5. The van der Waals surface area contributed by atoms with E-state index in [1.807, 2.05) is 0 Å². The van der Waals surface area contributed by atoms with Crippen molar-refractivity contribution in [3.8, 4) is 11.5 Å². The Morgan fingerprint density at radius 3 is 2.75 bits per heavy atom.